The van der Waals surface area contributed by atoms with Crippen molar-refractivity contribution in [1.82, 2.24) is 4.90 Å². The third-order valence-corrected chi connectivity index (χ3v) is 3.73. The molecule has 0 aromatic heterocycles. The van der Waals surface area contributed by atoms with E-state index in [9.17, 15) is 5.11 Å². The fourth-order valence-electron chi connectivity index (χ4n) is 2.21. The molecule has 0 spiro atoms. The molecule has 2 rings (SSSR count). The molecule has 0 heterocycles. The highest BCUT2D eigenvalue weighted by atomic mass is 32.1. The highest BCUT2D eigenvalue weighted by molar-refractivity contribution is 7.80. The van der Waals surface area contributed by atoms with E-state index >= 15 is 0 Å². The summed E-state index contributed by atoms with van der Waals surface area (Å²) in [5.74, 6) is 0.721. The fraction of sp³-hybridized carbons (Fsp3) is 0.533. The number of aliphatic hydroxyl groups excluding tert-OH is 1. The van der Waals surface area contributed by atoms with Crippen molar-refractivity contribution in [1.29, 1.82) is 0 Å². The molecule has 0 amide bonds. The van der Waals surface area contributed by atoms with Crippen molar-refractivity contribution in [3.05, 3.63) is 29.8 Å². The number of ether oxygens (including phenoxy) is 1. The topological polar surface area (TPSA) is 58.7 Å². The number of nitrogens with zero attached hydrogens (tertiary/aromatic N) is 1. The first-order valence-corrected chi connectivity index (χ1v) is 7.45. The molecule has 0 saturated heterocycles. The van der Waals surface area contributed by atoms with Gasteiger partial charge in [0.15, 0.2) is 0 Å². The second-order valence-corrected chi connectivity index (χ2v) is 5.61. The average molecular weight is 294 g/mol. The Labute approximate surface area is 125 Å². The molecule has 1 unspecified atom stereocenters. The standard InChI is InChI=1S/C15H22N2O2S/c1-2-17(12-5-6-12)9-13(18)10-19-14-7-3-11(4-8-14)15(16)20/h3-4,7-8,12-13,18H,2,5-6,9-10H2,1H3,(H2,16,20). The predicted octanol–water partition coefficient (Wildman–Crippen LogP) is 1.54. The van der Waals surface area contributed by atoms with E-state index < -0.39 is 6.10 Å². The van der Waals surface area contributed by atoms with Gasteiger partial charge in [0.1, 0.15) is 23.4 Å². The number of likely N-dealkylation sites (N-methyl/N-ethyl adjacent to an activating group) is 1. The van der Waals surface area contributed by atoms with Gasteiger partial charge in [-0.25, -0.2) is 0 Å². The summed E-state index contributed by atoms with van der Waals surface area (Å²) < 4.78 is 5.59. The number of nitrogens with two attached hydrogens (primary N) is 1. The summed E-state index contributed by atoms with van der Waals surface area (Å²) in [7, 11) is 0. The van der Waals surface area contributed by atoms with Crippen LogP contribution in [0.15, 0.2) is 24.3 Å². The van der Waals surface area contributed by atoms with Crippen molar-refractivity contribution >= 4 is 17.2 Å². The molecule has 3 N–H and O–H groups in total. The number of thiocarbonyl (C=S) groups is 1. The van der Waals surface area contributed by atoms with Crippen LogP contribution in [0.4, 0.5) is 0 Å². The lowest BCUT2D eigenvalue weighted by atomic mass is 10.2. The summed E-state index contributed by atoms with van der Waals surface area (Å²) in [4.78, 5) is 2.68. The number of hydrogen-bond acceptors (Lipinski definition) is 4. The molecule has 20 heavy (non-hydrogen) atoms. The molecule has 4 nitrogen and oxygen atoms in total. The van der Waals surface area contributed by atoms with Gasteiger partial charge in [-0.05, 0) is 43.7 Å². The Hall–Kier alpha value is -1.17. The van der Waals surface area contributed by atoms with Gasteiger partial charge >= 0.3 is 0 Å². The van der Waals surface area contributed by atoms with Gasteiger partial charge in [0, 0.05) is 18.2 Å². The van der Waals surface area contributed by atoms with E-state index in [0.29, 0.717) is 24.2 Å². The molecular formula is C15H22N2O2S. The molecule has 1 aromatic carbocycles. The second kappa shape index (κ2) is 7.02. The molecule has 1 aromatic rings. The van der Waals surface area contributed by atoms with Crippen LogP contribution in [-0.4, -0.2) is 46.8 Å². The molecule has 1 atom stereocenters. The third-order valence-electron chi connectivity index (χ3n) is 3.50. The number of benzene rings is 1. The Kier molecular flexibility index (Phi) is 5.34. The quantitative estimate of drug-likeness (QED) is 0.712. The smallest absolute Gasteiger partial charge is 0.119 e. The van der Waals surface area contributed by atoms with Crippen LogP contribution >= 0.6 is 12.2 Å². The average Bonchev–Trinajstić information content (AvgIpc) is 3.27. The molecule has 0 radical (unpaired) electrons. The molecule has 1 saturated carbocycles. The van der Waals surface area contributed by atoms with Crippen LogP contribution in [0.5, 0.6) is 5.75 Å². The van der Waals surface area contributed by atoms with Gasteiger partial charge in [-0.3, -0.25) is 4.90 Å². The summed E-state index contributed by atoms with van der Waals surface area (Å²) in [6, 6.07) is 7.96. The summed E-state index contributed by atoms with van der Waals surface area (Å²) in [6.45, 7) is 4.08. The van der Waals surface area contributed by atoms with Gasteiger partial charge < -0.3 is 15.6 Å². The lowest BCUT2D eigenvalue weighted by Crippen LogP contribution is -2.36. The van der Waals surface area contributed by atoms with Crippen molar-refractivity contribution in [2.24, 2.45) is 5.73 Å². The maximum atomic E-state index is 10.0. The summed E-state index contributed by atoms with van der Waals surface area (Å²) >= 11 is 4.89. The third kappa shape index (κ3) is 4.44. The molecule has 0 aliphatic heterocycles. The first-order chi connectivity index (χ1) is 9.60. The van der Waals surface area contributed by atoms with E-state index in [1.54, 1.807) is 0 Å². The van der Waals surface area contributed by atoms with Crippen LogP contribution in [0.25, 0.3) is 0 Å². The van der Waals surface area contributed by atoms with Crippen LogP contribution in [0, 0.1) is 0 Å². The second-order valence-electron chi connectivity index (χ2n) is 5.17. The zero-order valence-corrected chi connectivity index (χ0v) is 12.6. The van der Waals surface area contributed by atoms with Crippen LogP contribution in [-0.2, 0) is 0 Å². The van der Waals surface area contributed by atoms with E-state index in [2.05, 4.69) is 11.8 Å². The van der Waals surface area contributed by atoms with Gasteiger partial charge in [0.05, 0.1) is 0 Å². The zero-order chi connectivity index (χ0) is 14.5. The number of hydrogen-bond donors (Lipinski definition) is 2. The minimum Gasteiger partial charge on any atom is -0.491 e. The molecule has 110 valence electrons. The molecular weight excluding hydrogens is 272 g/mol. The van der Waals surface area contributed by atoms with E-state index in [1.807, 2.05) is 24.3 Å². The minimum atomic E-state index is -0.467. The monoisotopic (exact) mass is 294 g/mol. The molecule has 1 aliphatic carbocycles. The first-order valence-electron chi connectivity index (χ1n) is 7.05. The Morgan fingerprint density at radius 2 is 2.10 bits per heavy atom. The van der Waals surface area contributed by atoms with Crippen molar-refractivity contribution in [2.75, 3.05) is 19.7 Å². The zero-order valence-electron chi connectivity index (χ0n) is 11.8. The van der Waals surface area contributed by atoms with Crippen molar-refractivity contribution in [2.45, 2.75) is 31.9 Å². The van der Waals surface area contributed by atoms with Crippen molar-refractivity contribution in [3.8, 4) is 5.75 Å². The van der Waals surface area contributed by atoms with Crippen LogP contribution in [0.3, 0.4) is 0 Å². The Bertz CT molecular complexity index is 446. The predicted molar refractivity (Wildman–Crippen MR) is 84.1 cm³/mol. The van der Waals surface area contributed by atoms with Gasteiger partial charge in [0.25, 0.3) is 0 Å². The van der Waals surface area contributed by atoms with Crippen molar-refractivity contribution in [3.63, 3.8) is 0 Å². The number of aliphatic hydroxyl groups is 1. The summed E-state index contributed by atoms with van der Waals surface area (Å²) in [6.07, 6.45) is 2.04. The molecule has 1 fully saturated rings. The van der Waals surface area contributed by atoms with Crippen LogP contribution in [0.1, 0.15) is 25.3 Å². The maximum absolute atomic E-state index is 10.0. The largest absolute Gasteiger partial charge is 0.491 e. The SMILES string of the molecule is CCN(CC(O)COc1ccc(C(N)=S)cc1)C1CC1. The summed E-state index contributed by atoms with van der Waals surface area (Å²) in [5.41, 5.74) is 6.35. The van der Waals surface area contributed by atoms with E-state index in [-0.39, 0.29) is 0 Å². The fourth-order valence-corrected chi connectivity index (χ4v) is 2.34. The normalized spacial score (nSPS) is 16.1. The lowest BCUT2D eigenvalue weighted by molar-refractivity contribution is 0.0673. The van der Waals surface area contributed by atoms with Gasteiger partial charge in [-0.2, -0.15) is 0 Å². The summed E-state index contributed by atoms with van der Waals surface area (Å²) in [5, 5.41) is 10.0. The van der Waals surface area contributed by atoms with Crippen LogP contribution in [0.2, 0.25) is 0 Å². The van der Waals surface area contributed by atoms with Gasteiger partial charge in [0.2, 0.25) is 0 Å². The molecule has 5 heteroatoms. The van der Waals surface area contributed by atoms with E-state index in [4.69, 9.17) is 22.7 Å². The lowest BCUT2D eigenvalue weighted by Gasteiger charge is -2.23. The first kappa shape index (κ1) is 15.2. The Morgan fingerprint density at radius 1 is 1.45 bits per heavy atom. The highest BCUT2D eigenvalue weighted by Gasteiger charge is 2.29. The maximum Gasteiger partial charge on any atom is 0.119 e. The number of rotatable bonds is 8. The van der Waals surface area contributed by atoms with E-state index in [0.717, 1.165) is 17.9 Å². The van der Waals surface area contributed by atoms with Gasteiger partial charge in [-0.1, -0.05) is 19.1 Å². The molecule has 0 bridgehead atoms. The van der Waals surface area contributed by atoms with Crippen LogP contribution < -0.4 is 10.5 Å². The van der Waals surface area contributed by atoms with Gasteiger partial charge in [-0.15, -0.1) is 0 Å². The van der Waals surface area contributed by atoms with Crippen molar-refractivity contribution < 1.29 is 9.84 Å². The Morgan fingerprint density at radius 3 is 2.60 bits per heavy atom. The van der Waals surface area contributed by atoms with E-state index in [1.165, 1.54) is 12.8 Å². The minimum absolute atomic E-state index is 0.301. The highest BCUT2D eigenvalue weighted by Crippen LogP contribution is 2.26. The Balaban J connectivity index is 1.77. The molecule has 1 aliphatic rings.